The maximum atomic E-state index is 12.7. The van der Waals surface area contributed by atoms with Crippen molar-refractivity contribution in [2.45, 2.75) is 31.9 Å². The number of carbonyl (C=O) groups excluding carboxylic acids is 1. The number of hydrogen-bond donors (Lipinski definition) is 2. The molecule has 2 heterocycles. The highest BCUT2D eigenvalue weighted by molar-refractivity contribution is 5.89. The number of likely N-dealkylation sites (tertiary alicyclic amines) is 1. The topological polar surface area (TPSA) is 53.6 Å². The second-order valence-electron chi connectivity index (χ2n) is 8.29. The fraction of sp³-hybridized carbons (Fsp3) is 0.375. The van der Waals surface area contributed by atoms with E-state index in [0.717, 1.165) is 54.9 Å². The summed E-state index contributed by atoms with van der Waals surface area (Å²) >= 11 is 0. The molecule has 2 N–H and O–H groups in total. The van der Waals surface area contributed by atoms with Crippen LogP contribution in [0, 0.1) is 5.92 Å². The zero-order valence-corrected chi connectivity index (χ0v) is 17.7. The van der Waals surface area contributed by atoms with Gasteiger partial charge in [0.1, 0.15) is 5.75 Å². The Morgan fingerprint density at radius 1 is 1.12 bits per heavy atom. The van der Waals surface area contributed by atoms with Gasteiger partial charge in [-0.2, -0.15) is 13.2 Å². The minimum atomic E-state index is -4.39. The Balaban J connectivity index is 1.23. The fourth-order valence-corrected chi connectivity index (χ4v) is 3.99. The molecule has 0 aromatic heterocycles. The van der Waals surface area contributed by atoms with E-state index < -0.39 is 11.7 Å². The number of halogens is 3. The van der Waals surface area contributed by atoms with E-state index in [0.29, 0.717) is 31.3 Å². The lowest BCUT2D eigenvalue weighted by atomic mass is 9.98. The normalized spacial score (nSPS) is 16.8. The predicted molar refractivity (Wildman–Crippen MR) is 118 cm³/mol. The molecule has 5 nitrogen and oxygen atoms in total. The van der Waals surface area contributed by atoms with Crippen molar-refractivity contribution < 1.29 is 22.7 Å². The van der Waals surface area contributed by atoms with Gasteiger partial charge >= 0.3 is 12.2 Å². The summed E-state index contributed by atoms with van der Waals surface area (Å²) < 4.78 is 44.0. The molecule has 2 aliphatic rings. The number of ether oxygens (including phenoxy) is 1. The molecule has 2 aliphatic heterocycles. The molecule has 1 fully saturated rings. The molecule has 4 rings (SSSR count). The van der Waals surface area contributed by atoms with Gasteiger partial charge in [-0.15, -0.1) is 0 Å². The van der Waals surface area contributed by atoms with Gasteiger partial charge in [0.05, 0.1) is 12.2 Å². The average Bonchev–Trinajstić information content (AvgIpc) is 2.77. The first kappa shape index (κ1) is 22.0. The van der Waals surface area contributed by atoms with Crippen molar-refractivity contribution in [1.82, 2.24) is 4.90 Å². The quantitative estimate of drug-likeness (QED) is 0.616. The second-order valence-corrected chi connectivity index (χ2v) is 8.29. The molecule has 32 heavy (non-hydrogen) atoms. The zero-order valence-electron chi connectivity index (χ0n) is 17.7. The van der Waals surface area contributed by atoms with E-state index in [1.165, 1.54) is 17.7 Å². The minimum absolute atomic E-state index is 0.298. The van der Waals surface area contributed by atoms with Gasteiger partial charge in [0, 0.05) is 30.2 Å². The Morgan fingerprint density at radius 2 is 1.84 bits per heavy atom. The summed E-state index contributed by atoms with van der Waals surface area (Å²) in [5, 5.41) is 5.96. The SMILES string of the molecule is C=C1CCc2cc(OCC3CCN(C(=O)Nc4ccc(C(F)(F)F)cc4)CC3)ccc2N1. The Kier molecular flexibility index (Phi) is 6.30. The monoisotopic (exact) mass is 445 g/mol. The first-order chi connectivity index (χ1) is 15.3. The van der Waals surface area contributed by atoms with Gasteiger partial charge in [0.2, 0.25) is 0 Å². The standard InChI is InChI=1S/C24H26F3N3O2/c1-16-2-3-18-14-21(8-9-22(18)28-16)32-15-17-10-12-30(13-11-17)23(31)29-20-6-4-19(5-7-20)24(25,26)27/h4-9,14,17,28H,1-3,10-13,15H2,(H,29,31). The molecule has 0 radical (unpaired) electrons. The van der Waals surface area contributed by atoms with E-state index in [1.54, 1.807) is 4.90 Å². The van der Waals surface area contributed by atoms with Gasteiger partial charge in [-0.25, -0.2) is 4.79 Å². The Labute approximate surface area is 185 Å². The highest BCUT2D eigenvalue weighted by atomic mass is 19.4. The number of allylic oxidation sites excluding steroid dienone is 1. The lowest BCUT2D eigenvalue weighted by Crippen LogP contribution is -2.42. The smallest absolute Gasteiger partial charge is 0.416 e. The minimum Gasteiger partial charge on any atom is -0.493 e. The molecule has 1 saturated heterocycles. The third kappa shape index (κ3) is 5.36. The predicted octanol–water partition coefficient (Wildman–Crippen LogP) is 5.90. The number of amides is 2. The molecule has 2 amide bonds. The van der Waals surface area contributed by atoms with Crippen molar-refractivity contribution in [2.75, 3.05) is 30.3 Å². The lowest BCUT2D eigenvalue weighted by Gasteiger charge is -2.32. The first-order valence-electron chi connectivity index (χ1n) is 10.7. The largest absolute Gasteiger partial charge is 0.493 e. The van der Waals surface area contributed by atoms with Crippen molar-refractivity contribution in [3.05, 3.63) is 65.9 Å². The van der Waals surface area contributed by atoms with E-state index >= 15 is 0 Å². The van der Waals surface area contributed by atoms with Crippen molar-refractivity contribution in [2.24, 2.45) is 5.92 Å². The maximum absolute atomic E-state index is 12.7. The van der Waals surface area contributed by atoms with Gasteiger partial charge < -0.3 is 20.3 Å². The van der Waals surface area contributed by atoms with Crippen molar-refractivity contribution in [3.63, 3.8) is 0 Å². The zero-order chi connectivity index (χ0) is 22.7. The number of benzene rings is 2. The van der Waals surface area contributed by atoms with Crippen LogP contribution in [0.5, 0.6) is 5.75 Å². The molecule has 0 spiro atoms. The van der Waals surface area contributed by atoms with Crippen molar-refractivity contribution in [1.29, 1.82) is 0 Å². The van der Waals surface area contributed by atoms with Crippen LogP contribution in [0.4, 0.5) is 29.3 Å². The summed E-state index contributed by atoms with van der Waals surface area (Å²) in [6.07, 6.45) is -0.897. The molecule has 0 atom stereocenters. The number of hydrogen-bond acceptors (Lipinski definition) is 3. The van der Waals surface area contributed by atoms with E-state index in [-0.39, 0.29) is 6.03 Å². The Morgan fingerprint density at radius 3 is 2.53 bits per heavy atom. The number of alkyl halides is 3. The van der Waals surface area contributed by atoms with E-state index in [9.17, 15) is 18.0 Å². The van der Waals surface area contributed by atoms with Crippen LogP contribution < -0.4 is 15.4 Å². The molecule has 0 saturated carbocycles. The molecule has 0 aliphatic carbocycles. The summed E-state index contributed by atoms with van der Waals surface area (Å²) in [6.45, 7) is 5.72. The number of nitrogens with zero attached hydrogens (tertiary/aromatic N) is 1. The molecule has 170 valence electrons. The van der Waals surface area contributed by atoms with Crippen LogP contribution in [0.3, 0.4) is 0 Å². The molecular weight excluding hydrogens is 419 g/mol. The van der Waals surface area contributed by atoms with E-state index in [1.807, 2.05) is 12.1 Å². The number of anilines is 2. The summed E-state index contributed by atoms with van der Waals surface area (Å²) in [5.41, 5.74) is 2.95. The van der Waals surface area contributed by atoms with Gasteiger partial charge in [-0.1, -0.05) is 6.58 Å². The third-order valence-corrected chi connectivity index (χ3v) is 5.94. The van der Waals surface area contributed by atoms with Crippen LogP contribution in [0.15, 0.2) is 54.7 Å². The Hall–Kier alpha value is -3.16. The molecule has 0 unspecified atom stereocenters. The molecular formula is C24H26F3N3O2. The molecule has 2 aromatic carbocycles. The first-order valence-corrected chi connectivity index (χ1v) is 10.7. The summed E-state index contributed by atoms with van der Waals surface area (Å²) in [5.74, 6) is 1.19. The van der Waals surface area contributed by atoms with Crippen LogP contribution in [-0.4, -0.2) is 30.6 Å². The van der Waals surface area contributed by atoms with Crippen molar-refractivity contribution in [3.8, 4) is 5.75 Å². The van der Waals surface area contributed by atoms with Gasteiger partial charge in [0.25, 0.3) is 0 Å². The van der Waals surface area contributed by atoms with Crippen LogP contribution in [-0.2, 0) is 12.6 Å². The summed E-state index contributed by atoms with van der Waals surface area (Å²) in [6, 6.07) is 10.2. The van der Waals surface area contributed by atoms with Crippen LogP contribution in [0.1, 0.15) is 30.4 Å². The van der Waals surface area contributed by atoms with Crippen LogP contribution in [0.25, 0.3) is 0 Å². The summed E-state index contributed by atoms with van der Waals surface area (Å²) in [4.78, 5) is 14.1. The van der Waals surface area contributed by atoms with Crippen molar-refractivity contribution >= 4 is 17.4 Å². The van der Waals surface area contributed by atoms with Crippen LogP contribution >= 0.6 is 0 Å². The van der Waals surface area contributed by atoms with E-state index in [4.69, 9.17) is 4.74 Å². The van der Waals surface area contributed by atoms with Gasteiger partial charge in [0.15, 0.2) is 0 Å². The molecule has 8 heteroatoms. The molecule has 2 aromatic rings. The van der Waals surface area contributed by atoms with Gasteiger partial charge in [-0.3, -0.25) is 0 Å². The number of nitrogens with one attached hydrogen (secondary N) is 2. The summed E-state index contributed by atoms with van der Waals surface area (Å²) in [7, 11) is 0. The number of carbonyl (C=O) groups is 1. The second kappa shape index (κ2) is 9.14. The van der Waals surface area contributed by atoms with Gasteiger partial charge in [-0.05, 0) is 79.6 Å². The third-order valence-electron chi connectivity index (χ3n) is 5.94. The highest BCUT2D eigenvalue weighted by Gasteiger charge is 2.30. The average molecular weight is 445 g/mol. The number of fused-ring (bicyclic) bond motifs is 1. The van der Waals surface area contributed by atoms with Crippen LogP contribution in [0.2, 0.25) is 0 Å². The highest BCUT2D eigenvalue weighted by Crippen LogP contribution is 2.31. The lowest BCUT2D eigenvalue weighted by molar-refractivity contribution is -0.137. The number of rotatable bonds is 4. The maximum Gasteiger partial charge on any atom is 0.416 e. The number of piperidine rings is 1. The Bertz CT molecular complexity index is 981. The molecule has 0 bridgehead atoms. The fourth-order valence-electron chi connectivity index (χ4n) is 3.99. The number of urea groups is 1. The number of aryl methyl sites for hydroxylation is 1. The van der Waals surface area contributed by atoms with E-state index in [2.05, 4.69) is 23.3 Å².